The zero-order valence-electron chi connectivity index (χ0n) is 10.2. The molecule has 2 rings (SSSR count). The van der Waals surface area contributed by atoms with Crippen LogP contribution in [-0.2, 0) is 9.53 Å². The smallest absolute Gasteiger partial charge is 0.330 e. The maximum absolute atomic E-state index is 11.2. The van der Waals surface area contributed by atoms with Gasteiger partial charge in [-0.3, -0.25) is 4.98 Å². The maximum atomic E-state index is 11.2. The van der Waals surface area contributed by atoms with Crippen molar-refractivity contribution in [1.82, 2.24) is 4.98 Å². The van der Waals surface area contributed by atoms with Gasteiger partial charge in [0.05, 0.1) is 7.11 Å². The molecule has 2 heterocycles. The highest BCUT2D eigenvalue weighted by molar-refractivity contribution is 7.13. The van der Waals surface area contributed by atoms with Crippen molar-refractivity contribution >= 4 is 22.9 Å². The summed E-state index contributed by atoms with van der Waals surface area (Å²) in [4.78, 5) is 16.6. The second-order valence-electron chi connectivity index (χ2n) is 3.79. The van der Waals surface area contributed by atoms with Gasteiger partial charge >= 0.3 is 5.97 Å². The van der Waals surface area contributed by atoms with Crippen LogP contribution in [0, 0.1) is 0 Å². The van der Waals surface area contributed by atoms with Crippen molar-refractivity contribution in [3.05, 3.63) is 47.6 Å². The van der Waals surface area contributed by atoms with Crippen molar-refractivity contribution in [3.8, 4) is 10.4 Å². The van der Waals surface area contributed by atoms with Gasteiger partial charge in [-0.25, -0.2) is 4.79 Å². The molecule has 0 aliphatic heterocycles. The van der Waals surface area contributed by atoms with Crippen molar-refractivity contribution in [2.45, 2.75) is 6.92 Å². The van der Waals surface area contributed by atoms with E-state index in [0.29, 0.717) is 0 Å². The van der Waals surface area contributed by atoms with Gasteiger partial charge in [0.2, 0.25) is 0 Å². The highest BCUT2D eigenvalue weighted by Gasteiger charge is 2.04. The number of pyridine rings is 1. The standard InChI is InChI=1S/C14H13NO2S/c1-10(6-14(16)17-2)11-7-12(9-15-8-11)13-4-3-5-18-13/h3-9H,1-2H3/b10-6+. The molecule has 0 N–H and O–H groups in total. The number of rotatable bonds is 3. The van der Waals surface area contributed by atoms with E-state index in [9.17, 15) is 4.79 Å². The molecule has 0 bridgehead atoms. The summed E-state index contributed by atoms with van der Waals surface area (Å²) in [5.41, 5.74) is 2.82. The molecule has 2 aromatic rings. The Bertz CT molecular complexity index is 573. The Balaban J connectivity index is 2.33. The van der Waals surface area contributed by atoms with Crippen molar-refractivity contribution in [3.63, 3.8) is 0 Å². The SMILES string of the molecule is COC(=O)/C=C(\C)c1cncc(-c2cccs2)c1. The quantitative estimate of drug-likeness (QED) is 0.626. The Morgan fingerprint density at radius 3 is 2.94 bits per heavy atom. The van der Waals surface area contributed by atoms with E-state index in [2.05, 4.69) is 9.72 Å². The van der Waals surface area contributed by atoms with Crippen LogP contribution in [0.4, 0.5) is 0 Å². The molecule has 0 saturated carbocycles. The summed E-state index contributed by atoms with van der Waals surface area (Å²) >= 11 is 1.66. The predicted molar refractivity (Wildman–Crippen MR) is 73.2 cm³/mol. The molecular formula is C14H13NO2S. The number of nitrogens with zero attached hydrogens (tertiary/aromatic N) is 1. The number of hydrogen-bond donors (Lipinski definition) is 0. The summed E-state index contributed by atoms with van der Waals surface area (Å²) in [5.74, 6) is -0.353. The average molecular weight is 259 g/mol. The molecule has 0 radical (unpaired) electrons. The highest BCUT2D eigenvalue weighted by Crippen LogP contribution is 2.26. The van der Waals surface area contributed by atoms with E-state index < -0.39 is 0 Å². The van der Waals surface area contributed by atoms with Crippen LogP contribution in [-0.4, -0.2) is 18.1 Å². The predicted octanol–water partition coefficient (Wildman–Crippen LogP) is 3.39. The van der Waals surface area contributed by atoms with E-state index >= 15 is 0 Å². The van der Waals surface area contributed by atoms with Crippen LogP contribution >= 0.6 is 11.3 Å². The van der Waals surface area contributed by atoms with Crippen LogP contribution in [0.5, 0.6) is 0 Å². The first-order valence-electron chi connectivity index (χ1n) is 5.46. The fourth-order valence-corrected chi connectivity index (χ4v) is 2.26. The van der Waals surface area contributed by atoms with Gasteiger partial charge in [0, 0.05) is 28.9 Å². The lowest BCUT2D eigenvalue weighted by molar-refractivity contribution is -0.134. The van der Waals surface area contributed by atoms with Crippen LogP contribution in [0.15, 0.2) is 42.0 Å². The number of esters is 1. The van der Waals surface area contributed by atoms with Crippen LogP contribution in [0.1, 0.15) is 12.5 Å². The minimum absolute atomic E-state index is 0.353. The number of hydrogen-bond acceptors (Lipinski definition) is 4. The Morgan fingerprint density at radius 1 is 1.44 bits per heavy atom. The van der Waals surface area contributed by atoms with E-state index in [1.807, 2.05) is 36.7 Å². The molecule has 0 amide bonds. The van der Waals surface area contributed by atoms with Crippen molar-refractivity contribution in [2.24, 2.45) is 0 Å². The molecule has 0 atom stereocenters. The molecule has 18 heavy (non-hydrogen) atoms. The molecule has 0 spiro atoms. The van der Waals surface area contributed by atoms with E-state index in [1.165, 1.54) is 13.2 Å². The Kier molecular flexibility index (Phi) is 3.89. The molecule has 0 aromatic carbocycles. The largest absolute Gasteiger partial charge is 0.466 e. The number of thiophene rings is 1. The number of aromatic nitrogens is 1. The number of ether oxygens (including phenoxy) is 1. The van der Waals surface area contributed by atoms with Gasteiger partial charge in [-0.05, 0) is 35.6 Å². The zero-order chi connectivity index (χ0) is 13.0. The summed E-state index contributed by atoms with van der Waals surface area (Å²) in [7, 11) is 1.37. The average Bonchev–Trinajstić information content (AvgIpc) is 2.92. The first kappa shape index (κ1) is 12.5. The number of allylic oxidation sites excluding steroid dienone is 1. The highest BCUT2D eigenvalue weighted by atomic mass is 32.1. The summed E-state index contributed by atoms with van der Waals surface area (Å²) in [6, 6.07) is 6.07. The third-order valence-electron chi connectivity index (χ3n) is 2.53. The van der Waals surface area contributed by atoms with Gasteiger partial charge in [0.1, 0.15) is 0 Å². The van der Waals surface area contributed by atoms with Gasteiger partial charge in [-0.1, -0.05) is 6.07 Å². The van der Waals surface area contributed by atoms with E-state index in [0.717, 1.165) is 21.6 Å². The minimum Gasteiger partial charge on any atom is -0.466 e. The fourth-order valence-electron chi connectivity index (χ4n) is 1.55. The third kappa shape index (κ3) is 2.84. The molecule has 92 valence electrons. The van der Waals surface area contributed by atoms with Gasteiger partial charge in [-0.2, -0.15) is 0 Å². The molecule has 3 nitrogen and oxygen atoms in total. The van der Waals surface area contributed by atoms with Gasteiger partial charge in [-0.15, -0.1) is 11.3 Å². The topological polar surface area (TPSA) is 39.2 Å². The molecule has 0 unspecified atom stereocenters. The second kappa shape index (κ2) is 5.60. The lowest BCUT2D eigenvalue weighted by atomic mass is 10.1. The van der Waals surface area contributed by atoms with Crippen molar-refractivity contribution in [2.75, 3.05) is 7.11 Å². The first-order valence-corrected chi connectivity index (χ1v) is 6.34. The van der Waals surface area contributed by atoms with E-state index in [4.69, 9.17) is 0 Å². The first-order chi connectivity index (χ1) is 8.70. The molecule has 0 saturated heterocycles. The monoisotopic (exact) mass is 259 g/mol. The lowest BCUT2D eigenvalue weighted by Crippen LogP contribution is -1.96. The summed E-state index contributed by atoms with van der Waals surface area (Å²) in [6.07, 6.45) is 5.03. The Hall–Kier alpha value is -1.94. The summed E-state index contributed by atoms with van der Waals surface area (Å²) < 4.78 is 4.61. The molecule has 4 heteroatoms. The van der Waals surface area contributed by atoms with Crippen molar-refractivity contribution in [1.29, 1.82) is 0 Å². The molecule has 0 aliphatic rings. The number of carbonyl (C=O) groups is 1. The van der Waals surface area contributed by atoms with Gasteiger partial charge in [0.15, 0.2) is 0 Å². The van der Waals surface area contributed by atoms with E-state index in [1.54, 1.807) is 17.5 Å². The minimum atomic E-state index is -0.353. The molecule has 0 aliphatic carbocycles. The normalized spacial score (nSPS) is 11.3. The van der Waals surface area contributed by atoms with Crippen LogP contribution in [0.2, 0.25) is 0 Å². The van der Waals surface area contributed by atoms with E-state index in [-0.39, 0.29) is 5.97 Å². The lowest BCUT2D eigenvalue weighted by Gasteiger charge is -2.03. The fraction of sp³-hybridized carbons (Fsp3) is 0.143. The summed E-state index contributed by atoms with van der Waals surface area (Å²) in [5, 5.41) is 2.03. The van der Waals surface area contributed by atoms with Crippen LogP contribution in [0.25, 0.3) is 16.0 Å². The van der Waals surface area contributed by atoms with Gasteiger partial charge in [0.25, 0.3) is 0 Å². The number of methoxy groups -OCH3 is 1. The zero-order valence-corrected chi connectivity index (χ0v) is 11.0. The Labute approximate surface area is 110 Å². The Morgan fingerprint density at radius 2 is 2.28 bits per heavy atom. The number of carbonyl (C=O) groups excluding carboxylic acids is 1. The van der Waals surface area contributed by atoms with Crippen molar-refractivity contribution < 1.29 is 9.53 Å². The molecular weight excluding hydrogens is 246 g/mol. The second-order valence-corrected chi connectivity index (χ2v) is 4.74. The molecule has 0 fully saturated rings. The molecule has 2 aromatic heterocycles. The van der Waals surface area contributed by atoms with Crippen LogP contribution in [0.3, 0.4) is 0 Å². The summed E-state index contributed by atoms with van der Waals surface area (Å²) in [6.45, 7) is 1.87. The third-order valence-corrected chi connectivity index (χ3v) is 3.45. The maximum Gasteiger partial charge on any atom is 0.330 e. The van der Waals surface area contributed by atoms with Crippen LogP contribution < -0.4 is 0 Å². The van der Waals surface area contributed by atoms with Gasteiger partial charge < -0.3 is 4.74 Å².